The first kappa shape index (κ1) is 16.4. The molecule has 0 unspecified atom stereocenters. The predicted molar refractivity (Wildman–Crippen MR) is 90.5 cm³/mol. The number of ether oxygens (including phenoxy) is 1. The zero-order chi connectivity index (χ0) is 16.7. The van der Waals surface area contributed by atoms with Crippen molar-refractivity contribution >= 4 is 17.6 Å². The maximum Gasteiger partial charge on any atom is 0.341 e. The molecule has 118 valence electrons. The van der Waals surface area contributed by atoms with Gasteiger partial charge >= 0.3 is 5.97 Å². The molecule has 1 aromatic heterocycles. The molecule has 0 N–H and O–H groups in total. The molecule has 0 fully saturated rings. The average Bonchev–Trinajstić information content (AvgIpc) is 2.60. The molecule has 0 amide bonds. The Balaban J connectivity index is 2.40. The minimum absolute atomic E-state index is 0.315. The number of benzene rings is 1. The van der Waals surface area contributed by atoms with E-state index in [1.807, 2.05) is 48.2 Å². The molecule has 0 spiro atoms. The summed E-state index contributed by atoms with van der Waals surface area (Å²) in [5.41, 5.74) is 2.08. The molecule has 23 heavy (non-hydrogen) atoms. The number of allylic oxidation sites excluding steroid dienone is 2. The van der Waals surface area contributed by atoms with E-state index in [4.69, 9.17) is 4.74 Å². The third-order valence-electron chi connectivity index (χ3n) is 3.13. The first-order valence-electron chi connectivity index (χ1n) is 7.34. The van der Waals surface area contributed by atoms with Gasteiger partial charge in [-0.3, -0.25) is 4.90 Å². The molecular formula is C18H19N3O2. The zero-order valence-corrected chi connectivity index (χ0v) is 13.3. The smallest absolute Gasteiger partial charge is 0.341 e. The highest BCUT2D eigenvalue weighted by atomic mass is 16.5. The summed E-state index contributed by atoms with van der Waals surface area (Å²) in [6.07, 6.45) is 6.58. The van der Waals surface area contributed by atoms with Crippen LogP contribution in [0.5, 0.6) is 0 Å². The van der Waals surface area contributed by atoms with Gasteiger partial charge in [-0.25, -0.2) is 14.8 Å². The summed E-state index contributed by atoms with van der Waals surface area (Å²) in [5.74, 6) is 0.0255. The SMILES string of the molecule is C=C/C(=C\C)N(c1ccccc1)c1ncc(C(=O)OCC)cn1. The predicted octanol–water partition coefficient (Wildman–Crippen LogP) is 3.88. The molecule has 5 heteroatoms. The average molecular weight is 309 g/mol. The van der Waals surface area contributed by atoms with Crippen LogP contribution >= 0.6 is 0 Å². The number of rotatable bonds is 6. The van der Waals surface area contributed by atoms with Crippen molar-refractivity contribution in [1.29, 1.82) is 0 Å². The lowest BCUT2D eigenvalue weighted by molar-refractivity contribution is 0.0525. The van der Waals surface area contributed by atoms with Crippen molar-refractivity contribution in [3.63, 3.8) is 0 Å². The normalized spacial score (nSPS) is 11.0. The Kier molecular flexibility index (Phi) is 5.63. The maximum atomic E-state index is 11.7. The van der Waals surface area contributed by atoms with E-state index in [-0.39, 0.29) is 0 Å². The monoisotopic (exact) mass is 309 g/mol. The molecule has 5 nitrogen and oxygen atoms in total. The van der Waals surface area contributed by atoms with Gasteiger partial charge in [0, 0.05) is 23.8 Å². The standard InChI is InChI=1S/C18H19N3O2/c1-4-15(5-2)21(16-10-8-7-9-11-16)18-19-12-14(13-20-18)17(22)23-6-3/h4-5,7-13H,1,6H2,2-3H3/b15-5+. The summed E-state index contributed by atoms with van der Waals surface area (Å²) in [4.78, 5) is 22.2. The molecule has 0 saturated carbocycles. The second kappa shape index (κ2) is 7.89. The number of hydrogen-bond donors (Lipinski definition) is 0. The van der Waals surface area contributed by atoms with E-state index in [2.05, 4.69) is 16.5 Å². The van der Waals surface area contributed by atoms with Crippen molar-refractivity contribution in [2.75, 3.05) is 11.5 Å². The number of para-hydroxylation sites is 1. The van der Waals surface area contributed by atoms with Crippen LogP contribution in [0.15, 0.2) is 67.2 Å². The van der Waals surface area contributed by atoms with Crippen LogP contribution in [0, 0.1) is 0 Å². The lowest BCUT2D eigenvalue weighted by Crippen LogP contribution is -2.18. The highest BCUT2D eigenvalue weighted by molar-refractivity contribution is 5.88. The van der Waals surface area contributed by atoms with Gasteiger partial charge in [0.15, 0.2) is 0 Å². The number of esters is 1. The highest BCUT2D eigenvalue weighted by Crippen LogP contribution is 2.26. The third-order valence-corrected chi connectivity index (χ3v) is 3.13. The molecule has 0 aliphatic carbocycles. The highest BCUT2D eigenvalue weighted by Gasteiger charge is 2.16. The second-order valence-electron chi connectivity index (χ2n) is 4.58. The van der Waals surface area contributed by atoms with Crippen molar-refractivity contribution in [2.24, 2.45) is 0 Å². The largest absolute Gasteiger partial charge is 0.462 e. The minimum atomic E-state index is -0.430. The molecule has 0 radical (unpaired) electrons. The zero-order valence-electron chi connectivity index (χ0n) is 13.3. The van der Waals surface area contributed by atoms with Gasteiger partial charge in [-0.1, -0.05) is 30.9 Å². The van der Waals surface area contributed by atoms with Crippen molar-refractivity contribution in [2.45, 2.75) is 13.8 Å². The van der Waals surface area contributed by atoms with Crippen LogP contribution in [-0.2, 0) is 4.74 Å². The molecule has 1 heterocycles. The number of carbonyl (C=O) groups is 1. The van der Waals surface area contributed by atoms with Crippen LogP contribution in [0.3, 0.4) is 0 Å². The molecule has 0 aliphatic heterocycles. The Morgan fingerprint density at radius 3 is 2.43 bits per heavy atom. The van der Waals surface area contributed by atoms with Crippen LogP contribution in [0.1, 0.15) is 24.2 Å². The van der Waals surface area contributed by atoms with Crippen LogP contribution < -0.4 is 4.90 Å². The lowest BCUT2D eigenvalue weighted by Gasteiger charge is -2.23. The van der Waals surface area contributed by atoms with Gasteiger partial charge in [-0.05, 0) is 32.1 Å². The number of carbonyl (C=O) groups excluding carboxylic acids is 1. The fourth-order valence-electron chi connectivity index (χ4n) is 2.05. The van der Waals surface area contributed by atoms with Gasteiger partial charge < -0.3 is 4.74 Å². The number of nitrogens with zero attached hydrogens (tertiary/aromatic N) is 3. The Morgan fingerprint density at radius 1 is 1.26 bits per heavy atom. The van der Waals surface area contributed by atoms with E-state index in [0.717, 1.165) is 11.4 Å². The number of hydrogen-bond acceptors (Lipinski definition) is 5. The van der Waals surface area contributed by atoms with E-state index < -0.39 is 5.97 Å². The van der Waals surface area contributed by atoms with E-state index in [0.29, 0.717) is 18.1 Å². The molecule has 0 atom stereocenters. The summed E-state index contributed by atoms with van der Waals surface area (Å²) in [6, 6.07) is 9.72. The van der Waals surface area contributed by atoms with Crippen molar-refractivity contribution in [1.82, 2.24) is 9.97 Å². The Hall–Kier alpha value is -2.95. The second-order valence-corrected chi connectivity index (χ2v) is 4.58. The van der Waals surface area contributed by atoms with Gasteiger partial charge in [0.05, 0.1) is 12.2 Å². The van der Waals surface area contributed by atoms with Crippen LogP contribution in [0.4, 0.5) is 11.6 Å². The van der Waals surface area contributed by atoms with Gasteiger partial charge in [0.25, 0.3) is 0 Å². The van der Waals surface area contributed by atoms with Gasteiger partial charge in [-0.2, -0.15) is 0 Å². The molecule has 2 aromatic rings. The van der Waals surface area contributed by atoms with Crippen molar-refractivity contribution in [3.8, 4) is 0 Å². The summed E-state index contributed by atoms with van der Waals surface area (Å²) in [7, 11) is 0. The Labute approximate surface area is 136 Å². The Bertz CT molecular complexity index is 694. The van der Waals surface area contributed by atoms with Crippen LogP contribution in [0.25, 0.3) is 0 Å². The molecule has 0 saturated heterocycles. The van der Waals surface area contributed by atoms with E-state index in [9.17, 15) is 4.79 Å². The van der Waals surface area contributed by atoms with E-state index >= 15 is 0 Å². The van der Waals surface area contributed by atoms with Crippen LogP contribution in [-0.4, -0.2) is 22.5 Å². The summed E-state index contributed by atoms with van der Waals surface area (Å²) < 4.78 is 4.94. The molecule has 2 rings (SSSR count). The molecule has 0 aliphatic rings. The van der Waals surface area contributed by atoms with Gasteiger partial charge in [0.2, 0.25) is 5.95 Å². The van der Waals surface area contributed by atoms with Gasteiger partial charge in [0.1, 0.15) is 0 Å². The van der Waals surface area contributed by atoms with E-state index in [1.54, 1.807) is 13.0 Å². The third kappa shape index (κ3) is 3.83. The minimum Gasteiger partial charge on any atom is -0.462 e. The topological polar surface area (TPSA) is 55.3 Å². The lowest BCUT2D eigenvalue weighted by atomic mass is 10.2. The maximum absolute atomic E-state index is 11.7. The number of anilines is 2. The van der Waals surface area contributed by atoms with Gasteiger partial charge in [-0.15, -0.1) is 0 Å². The first-order valence-corrected chi connectivity index (χ1v) is 7.34. The Morgan fingerprint density at radius 2 is 1.91 bits per heavy atom. The molecule has 1 aromatic carbocycles. The number of aromatic nitrogens is 2. The van der Waals surface area contributed by atoms with Crippen molar-refractivity contribution in [3.05, 3.63) is 72.7 Å². The van der Waals surface area contributed by atoms with Crippen LogP contribution in [0.2, 0.25) is 0 Å². The quantitative estimate of drug-likeness (QED) is 0.598. The molecular weight excluding hydrogens is 290 g/mol. The summed E-state index contributed by atoms with van der Waals surface area (Å²) in [5, 5.41) is 0. The fourth-order valence-corrected chi connectivity index (χ4v) is 2.05. The van der Waals surface area contributed by atoms with E-state index in [1.165, 1.54) is 12.4 Å². The summed E-state index contributed by atoms with van der Waals surface area (Å²) >= 11 is 0. The first-order chi connectivity index (χ1) is 11.2. The molecule has 0 bridgehead atoms. The fraction of sp³-hybridized carbons (Fsp3) is 0.167. The van der Waals surface area contributed by atoms with Crippen molar-refractivity contribution < 1.29 is 9.53 Å². The summed E-state index contributed by atoms with van der Waals surface area (Å²) in [6.45, 7) is 7.82.